The molecule has 0 heterocycles. The Morgan fingerprint density at radius 3 is 2.41 bits per heavy atom. The smallest absolute Gasteiger partial charge is 0.310 e. The van der Waals surface area contributed by atoms with Gasteiger partial charge in [0.2, 0.25) is 0 Å². The third-order valence-corrected chi connectivity index (χ3v) is 3.17. The lowest BCUT2D eigenvalue weighted by Crippen LogP contribution is -2.11. The molecular weight excluding hydrogens is 236 g/mol. The van der Waals surface area contributed by atoms with E-state index in [0.29, 0.717) is 11.4 Å². The van der Waals surface area contributed by atoms with Gasteiger partial charge in [0.05, 0.1) is 5.92 Å². The minimum Gasteiger partial charge on any atom is -0.481 e. The van der Waals surface area contributed by atoms with Crippen LogP contribution < -0.4 is 0 Å². The first-order valence-corrected chi connectivity index (χ1v) is 6.51. The molecule has 0 radical (unpaired) electrons. The van der Waals surface area contributed by atoms with E-state index in [2.05, 4.69) is 6.92 Å². The summed E-state index contributed by atoms with van der Waals surface area (Å²) < 4.78 is 0. The number of halogens is 1. The molecule has 2 nitrogen and oxygen atoms in total. The standard InChI is InChI=1S/C14H19ClO2/c1-2-3-4-5-6-13(14(16)17)11-7-9-12(15)10-8-11/h7-10,13H,2-6H2,1H3,(H,16,17). The van der Waals surface area contributed by atoms with E-state index in [9.17, 15) is 9.90 Å². The van der Waals surface area contributed by atoms with E-state index in [1.54, 1.807) is 24.3 Å². The van der Waals surface area contributed by atoms with Gasteiger partial charge in [-0.05, 0) is 24.1 Å². The fourth-order valence-electron chi connectivity index (χ4n) is 1.90. The summed E-state index contributed by atoms with van der Waals surface area (Å²) in [5.41, 5.74) is 0.846. The van der Waals surface area contributed by atoms with Crippen molar-refractivity contribution >= 4 is 17.6 Å². The first-order chi connectivity index (χ1) is 8.15. The summed E-state index contributed by atoms with van der Waals surface area (Å²) in [6.45, 7) is 2.15. The van der Waals surface area contributed by atoms with Crippen molar-refractivity contribution in [3.8, 4) is 0 Å². The molecule has 3 heteroatoms. The van der Waals surface area contributed by atoms with Crippen LogP contribution in [0.25, 0.3) is 0 Å². The second kappa shape index (κ2) is 7.33. The maximum absolute atomic E-state index is 11.2. The van der Waals surface area contributed by atoms with Crippen LogP contribution in [0.1, 0.15) is 50.5 Å². The largest absolute Gasteiger partial charge is 0.481 e. The lowest BCUT2D eigenvalue weighted by molar-refractivity contribution is -0.139. The number of carbonyl (C=O) groups is 1. The molecule has 1 aromatic carbocycles. The van der Waals surface area contributed by atoms with Gasteiger partial charge >= 0.3 is 5.97 Å². The highest BCUT2D eigenvalue weighted by molar-refractivity contribution is 6.30. The summed E-state index contributed by atoms with van der Waals surface area (Å²) in [6, 6.07) is 7.11. The van der Waals surface area contributed by atoms with Crippen LogP contribution in [0.2, 0.25) is 5.02 Å². The van der Waals surface area contributed by atoms with Crippen molar-refractivity contribution < 1.29 is 9.90 Å². The molecule has 0 spiro atoms. The van der Waals surface area contributed by atoms with E-state index in [0.717, 1.165) is 18.4 Å². The summed E-state index contributed by atoms with van der Waals surface area (Å²) in [6.07, 6.45) is 5.11. The van der Waals surface area contributed by atoms with Crippen LogP contribution in [-0.2, 0) is 4.79 Å². The first kappa shape index (κ1) is 14.0. The molecule has 94 valence electrons. The maximum atomic E-state index is 11.2. The lowest BCUT2D eigenvalue weighted by Gasteiger charge is -2.12. The Balaban J connectivity index is 2.59. The number of hydrogen-bond donors (Lipinski definition) is 1. The summed E-state index contributed by atoms with van der Waals surface area (Å²) in [4.78, 5) is 11.2. The minimum absolute atomic E-state index is 0.399. The molecule has 0 aliphatic rings. The molecule has 0 aliphatic carbocycles. The Hall–Kier alpha value is -1.02. The second-order valence-corrected chi connectivity index (χ2v) is 4.73. The van der Waals surface area contributed by atoms with Gasteiger partial charge in [0.1, 0.15) is 0 Å². The average Bonchev–Trinajstić information content (AvgIpc) is 2.30. The molecule has 1 rings (SSSR count). The minimum atomic E-state index is -0.746. The Kier molecular flexibility index (Phi) is 6.06. The average molecular weight is 255 g/mol. The Bertz CT molecular complexity index is 346. The van der Waals surface area contributed by atoms with Gasteiger partial charge < -0.3 is 5.11 Å². The quantitative estimate of drug-likeness (QED) is 0.729. The summed E-state index contributed by atoms with van der Waals surface area (Å²) in [5.74, 6) is -1.15. The predicted octanol–water partition coefficient (Wildman–Crippen LogP) is 4.48. The molecule has 0 fully saturated rings. The summed E-state index contributed by atoms with van der Waals surface area (Å²) in [7, 11) is 0. The number of unbranched alkanes of at least 4 members (excludes halogenated alkanes) is 3. The van der Waals surface area contributed by atoms with Crippen molar-refractivity contribution in [1.82, 2.24) is 0 Å². The molecular formula is C14H19ClO2. The van der Waals surface area contributed by atoms with Gasteiger partial charge in [0, 0.05) is 5.02 Å². The van der Waals surface area contributed by atoms with E-state index in [4.69, 9.17) is 11.6 Å². The molecule has 0 bridgehead atoms. The normalized spacial score (nSPS) is 12.4. The molecule has 0 amide bonds. The van der Waals surface area contributed by atoms with Crippen LogP contribution in [0.3, 0.4) is 0 Å². The van der Waals surface area contributed by atoms with Gasteiger partial charge in [-0.2, -0.15) is 0 Å². The predicted molar refractivity (Wildman–Crippen MR) is 70.6 cm³/mol. The molecule has 1 atom stereocenters. The number of rotatable bonds is 7. The van der Waals surface area contributed by atoms with Gasteiger partial charge in [-0.3, -0.25) is 4.79 Å². The Morgan fingerprint density at radius 2 is 1.88 bits per heavy atom. The number of aliphatic carboxylic acids is 1. The first-order valence-electron chi connectivity index (χ1n) is 6.13. The van der Waals surface area contributed by atoms with E-state index < -0.39 is 11.9 Å². The molecule has 1 aromatic rings. The fourth-order valence-corrected chi connectivity index (χ4v) is 2.03. The zero-order valence-electron chi connectivity index (χ0n) is 10.2. The number of hydrogen-bond acceptors (Lipinski definition) is 1. The van der Waals surface area contributed by atoms with Gasteiger partial charge in [-0.25, -0.2) is 0 Å². The van der Waals surface area contributed by atoms with Crippen molar-refractivity contribution in [2.75, 3.05) is 0 Å². The van der Waals surface area contributed by atoms with E-state index in [1.165, 1.54) is 12.8 Å². The highest BCUT2D eigenvalue weighted by Crippen LogP contribution is 2.24. The molecule has 0 saturated carbocycles. The highest BCUT2D eigenvalue weighted by Gasteiger charge is 2.18. The topological polar surface area (TPSA) is 37.3 Å². The van der Waals surface area contributed by atoms with Gasteiger partial charge in [-0.15, -0.1) is 0 Å². The number of benzene rings is 1. The second-order valence-electron chi connectivity index (χ2n) is 4.29. The van der Waals surface area contributed by atoms with Crippen LogP contribution in [0, 0.1) is 0 Å². The van der Waals surface area contributed by atoms with Gasteiger partial charge in [0.25, 0.3) is 0 Å². The van der Waals surface area contributed by atoms with Gasteiger partial charge in [0.15, 0.2) is 0 Å². The highest BCUT2D eigenvalue weighted by atomic mass is 35.5. The number of carboxylic acid groups (broad SMARTS) is 1. The van der Waals surface area contributed by atoms with Crippen molar-refractivity contribution in [3.63, 3.8) is 0 Å². The monoisotopic (exact) mass is 254 g/mol. The summed E-state index contributed by atoms with van der Waals surface area (Å²) >= 11 is 5.79. The SMILES string of the molecule is CCCCCCC(C(=O)O)c1ccc(Cl)cc1. The molecule has 0 aliphatic heterocycles. The molecule has 1 N–H and O–H groups in total. The molecule has 1 unspecified atom stereocenters. The Labute approximate surface area is 108 Å². The van der Waals surface area contributed by atoms with E-state index in [1.807, 2.05) is 0 Å². The summed E-state index contributed by atoms with van der Waals surface area (Å²) in [5, 5.41) is 9.86. The lowest BCUT2D eigenvalue weighted by atomic mass is 9.93. The Morgan fingerprint density at radius 1 is 1.24 bits per heavy atom. The molecule has 0 aromatic heterocycles. The third-order valence-electron chi connectivity index (χ3n) is 2.92. The van der Waals surface area contributed by atoms with Crippen LogP contribution in [0.4, 0.5) is 0 Å². The zero-order valence-corrected chi connectivity index (χ0v) is 10.9. The molecule has 17 heavy (non-hydrogen) atoms. The van der Waals surface area contributed by atoms with Crippen LogP contribution in [-0.4, -0.2) is 11.1 Å². The van der Waals surface area contributed by atoms with E-state index in [-0.39, 0.29) is 0 Å². The van der Waals surface area contributed by atoms with Gasteiger partial charge in [-0.1, -0.05) is 56.3 Å². The molecule has 0 saturated heterocycles. The van der Waals surface area contributed by atoms with Crippen molar-refractivity contribution in [3.05, 3.63) is 34.9 Å². The van der Waals surface area contributed by atoms with Crippen LogP contribution in [0.5, 0.6) is 0 Å². The zero-order chi connectivity index (χ0) is 12.7. The van der Waals surface area contributed by atoms with Crippen LogP contribution in [0.15, 0.2) is 24.3 Å². The number of carboxylic acids is 1. The maximum Gasteiger partial charge on any atom is 0.310 e. The fraction of sp³-hybridized carbons (Fsp3) is 0.500. The van der Waals surface area contributed by atoms with Crippen molar-refractivity contribution in [2.45, 2.75) is 44.9 Å². The van der Waals surface area contributed by atoms with Crippen molar-refractivity contribution in [2.24, 2.45) is 0 Å². The van der Waals surface area contributed by atoms with Crippen molar-refractivity contribution in [1.29, 1.82) is 0 Å². The van der Waals surface area contributed by atoms with E-state index >= 15 is 0 Å². The van der Waals surface area contributed by atoms with Crippen LogP contribution >= 0.6 is 11.6 Å². The third kappa shape index (κ3) is 4.78.